The lowest BCUT2D eigenvalue weighted by Crippen LogP contribution is -2.50. The highest BCUT2D eigenvalue weighted by Gasteiger charge is 2.35. The lowest BCUT2D eigenvalue weighted by Gasteiger charge is -2.36. The highest BCUT2D eigenvalue weighted by Crippen LogP contribution is 2.34. The van der Waals surface area contributed by atoms with Crippen molar-refractivity contribution >= 4 is 34.1 Å². The summed E-state index contributed by atoms with van der Waals surface area (Å²) in [6, 6.07) is 5.76. The van der Waals surface area contributed by atoms with Gasteiger partial charge in [0.25, 0.3) is 0 Å². The van der Waals surface area contributed by atoms with Gasteiger partial charge in [0, 0.05) is 24.5 Å². The molecule has 0 atom stereocenters. The fourth-order valence-corrected chi connectivity index (χ4v) is 4.69. The van der Waals surface area contributed by atoms with Crippen LogP contribution in [0.2, 0.25) is 5.02 Å². The van der Waals surface area contributed by atoms with E-state index in [9.17, 15) is 9.90 Å². The number of aromatic nitrogens is 1. The minimum atomic E-state index is -0.738. The molecule has 5 nitrogen and oxygen atoms in total. The number of aryl methyl sites for hydroxylation is 1. The van der Waals surface area contributed by atoms with Crippen LogP contribution in [0.5, 0.6) is 0 Å². The zero-order chi connectivity index (χ0) is 19.6. The summed E-state index contributed by atoms with van der Waals surface area (Å²) in [5.74, 6) is 0.741. The van der Waals surface area contributed by atoms with Crippen LogP contribution in [-0.4, -0.2) is 34.4 Å². The third-order valence-electron chi connectivity index (χ3n) is 6.19. The number of carbonyl (C=O) groups is 1. The monoisotopic (exact) mass is 404 g/mol. The molecule has 1 aromatic carbocycles. The second-order valence-electron chi connectivity index (χ2n) is 8.43. The number of aliphatic hydroxyl groups is 1. The molecule has 2 aliphatic rings. The Morgan fingerprint density at radius 2 is 2.07 bits per heavy atom. The standard InChI is InChI=1S/C22H29ClN2O3/c23-17-7-4-8-19-21(17)18(13-25(19)12-11-22(27)14-28-15-22)24-20(26)10-9-16-5-2-1-3-6-16/h4,7-8,13,16,27H,1-3,5-6,9-12,14-15H2,(H,24,26). The summed E-state index contributed by atoms with van der Waals surface area (Å²) in [6.45, 7) is 1.42. The van der Waals surface area contributed by atoms with E-state index in [4.69, 9.17) is 16.3 Å². The molecule has 6 heteroatoms. The van der Waals surface area contributed by atoms with E-state index in [2.05, 4.69) is 9.88 Å². The van der Waals surface area contributed by atoms with E-state index < -0.39 is 5.60 Å². The minimum Gasteiger partial charge on any atom is -0.385 e. The van der Waals surface area contributed by atoms with Gasteiger partial charge < -0.3 is 19.7 Å². The van der Waals surface area contributed by atoms with E-state index in [0.29, 0.717) is 43.5 Å². The first-order valence-electron chi connectivity index (χ1n) is 10.4. The number of hydrogen-bond acceptors (Lipinski definition) is 3. The molecular weight excluding hydrogens is 376 g/mol. The highest BCUT2D eigenvalue weighted by molar-refractivity contribution is 6.36. The average molecular weight is 405 g/mol. The van der Waals surface area contributed by atoms with Gasteiger partial charge in [0.2, 0.25) is 5.91 Å². The van der Waals surface area contributed by atoms with Crippen LogP contribution in [0.4, 0.5) is 5.69 Å². The Kier molecular flexibility index (Phi) is 5.95. The van der Waals surface area contributed by atoms with Crippen molar-refractivity contribution in [2.24, 2.45) is 5.92 Å². The molecule has 0 radical (unpaired) electrons. The lowest BCUT2D eigenvalue weighted by molar-refractivity contribution is -0.182. The summed E-state index contributed by atoms with van der Waals surface area (Å²) in [4.78, 5) is 12.6. The average Bonchev–Trinajstić information content (AvgIpc) is 3.03. The third kappa shape index (κ3) is 4.37. The second-order valence-corrected chi connectivity index (χ2v) is 8.84. The van der Waals surface area contributed by atoms with Crippen molar-refractivity contribution in [1.29, 1.82) is 0 Å². The maximum atomic E-state index is 12.6. The van der Waals surface area contributed by atoms with E-state index in [1.54, 1.807) is 0 Å². The van der Waals surface area contributed by atoms with Crippen LogP contribution in [0.1, 0.15) is 51.4 Å². The molecule has 2 fully saturated rings. The Morgan fingerprint density at radius 3 is 2.79 bits per heavy atom. The van der Waals surface area contributed by atoms with Gasteiger partial charge in [-0.05, 0) is 30.9 Å². The van der Waals surface area contributed by atoms with Crippen molar-refractivity contribution in [2.75, 3.05) is 18.5 Å². The van der Waals surface area contributed by atoms with Gasteiger partial charge in [-0.2, -0.15) is 0 Å². The second kappa shape index (κ2) is 8.44. The number of carbonyl (C=O) groups excluding carboxylic acids is 1. The molecule has 1 aliphatic heterocycles. The van der Waals surface area contributed by atoms with E-state index in [1.807, 2.05) is 24.4 Å². The fourth-order valence-electron chi connectivity index (χ4n) is 4.42. The molecule has 0 bridgehead atoms. The maximum absolute atomic E-state index is 12.6. The van der Waals surface area contributed by atoms with Crippen LogP contribution in [-0.2, 0) is 16.1 Å². The predicted molar refractivity (Wildman–Crippen MR) is 112 cm³/mol. The van der Waals surface area contributed by atoms with Crippen LogP contribution in [0.25, 0.3) is 10.9 Å². The molecule has 0 unspecified atom stereocenters. The Hall–Kier alpha value is -1.56. The number of ether oxygens (including phenoxy) is 1. The largest absolute Gasteiger partial charge is 0.385 e. The molecular formula is C22H29ClN2O3. The minimum absolute atomic E-state index is 0.0514. The molecule has 1 saturated heterocycles. The van der Waals surface area contributed by atoms with Crippen molar-refractivity contribution in [3.8, 4) is 0 Å². The zero-order valence-corrected chi connectivity index (χ0v) is 17.0. The number of fused-ring (bicyclic) bond motifs is 1. The number of hydrogen-bond donors (Lipinski definition) is 2. The molecule has 4 rings (SSSR count). The number of nitrogens with zero attached hydrogens (tertiary/aromatic N) is 1. The summed E-state index contributed by atoms with van der Waals surface area (Å²) in [5.41, 5.74) is 0.989. The molecule has 2 N–H and O–H groups in total. The summed E-state index contributed by atoms with van der Waals surface area (Å²) in [7, 11) is 0. The van der Waals surface area contributed by atoms with Gasteiger partial charge in [-0.25, -0.2) is 0 Å². The van der Waals surface area contributed by atoms with Crippen molar-refractivity contribution in [3.05, 3.63) is 29.4 Å². The van der Waals surface area contributed by atoms with Crippen LogP contribution in [0.3, 0.4) is 0 Å². The molecule has 152 valence electrons. The highest BCUT2D eigenvalue weighted by atomic mass is 35.5. The van der Waals surface area contributed by atoms with Crippen LogP contribution < -0.4 is 5.32 Å². The molecule has 1 amide bonds. The predicted octanol–water partition coefficient (Wildman–Crippen LogP) is 4.75. The van der Waals surface area contributed by atoms with Gasteiger partial charge in [0.05, 0.1) is 29.4 Å². The summed E-state index contributed by atoms with van der Waals surface area (Å²) >= 11 is 6.45. The summed E-state index contributed by atoms with van der Waals surface area (Å²) < 4.78 is 7.19. The van der Waals surface area contributed by atoms with Gasteiger partial charge in [0.1, 0.15) is 5.60 Å². The Labute approximate surface area is 171 Å². The molecule has 1 aliphatic carbocycles. The van der Waals surface area contributed by atoms with E-state index in [-0.39, 0.29) is 5.91 Å². The van der Waals surface area contributed by atoms with Crippen molar-refractivity contribution in [1.82, 2.24) is 4.57 Å². The van der Waals surface area contributed by atoms with Crippen LogP contribution in [0, 0.1) is 5.92 Å². The van der Waals surface area contributed by atoms with Crippen LogP contribution in [0.15, 0.2) is 24.4 Å². The van der Waals surface area contributed by atoms with Gasteiger partial charge in [-0.3, -0.25) is 4.79 Å². The topological polar surface area (TPSA) is 63.5 Å². The molecule has 0 spiro atoms. The normalized spacial score (nSPS) is 19.5. The molecule has 2 heterocycles. The zero-order valence-electron chi connectivity index (χ0n) is 16.3. The quantitative estimate of drug-likeness (QED) is 0.700. The number of benzene rings is 1. The van der Waals surface area contributed by atoms with Gasteiger partial charge in [-0.1, -0.05) is 49.8 Å². The number of nitrogens with one attached hydrogen (secondary N) is 1. The maximum Gasteiger partial charge on any atom is 0.224 e. The third-order valence-corrected chi connectivity index (χ3v) is 6.51. The smallest absolute Gasteiger partial charge is 0.224 e. The van der Waals surface area contributed by atoms with Gasteiger partial charge in [-0.15, -0.1) is 0 Å². The van der Waals surface area contributed by atoms with E-state index in [1.165, 1.54) is 32.1 Å². The first-order chi connectivity index (χ1) is 13.5. The van der Waals surface area contributed by atoms with Gasteiger partial charge >= 0.3 is 0 Å². The van der Waals surface area contributed by atoms with Crippen LogP contribution >= 0.6 is 11.6 Å². The Bertz CT molecular complexity index is 838. The first kappa shape index (κ1) is 19.7. The SMILES string of the molecule is O=C(CCC1CCCCC1)Nc1cn(CCC2(O)COC2)c2cccc(Cl)c12. The number of halogens is 1. The van der Waals surface area contributed by atoms with E-state index >= 15 is 0 Å². The molecule has 28 heavy (non-hydrogen) atoms. The first-order valence-corrected chi connectivity index (χ1v) is 10.8. The van der Waals surface area contributed by atoms with Crippen molar-refractivity contribution < 1.29 is 14.6 Å². The van der Waals surface area contributed by atoms with Gasteiger partial charge in [0.15, 0.2) is 0 Å². The van der Waals surface area contributed by atoms with Crippen molar-refractivity contribution in [2.45, 2.75) is 63.5 Å². The number of amides is 1. The molecule has 1 aromatic heterocycles. The molecule has 2 aromatic rings. The van der Waals surface area contributed by atoms with E-state index in [0.717, 1.165) is 23.0 Å². The Balaban J connectivity index is 1.45. The number of anilines is 1. The number of rotatable bonds is 7. The summed E-state index contributed by atoms with van der Waals surface area (Å²) in [5, 5.41) is 14.9. The lowest BCUT2D eigenvalue weighted by atomic mass is 9.86. The Morgan fingerprint density at radius 1 is 1.29 bits per heavy atom. The summed E-state index contributed by atoms with van der Waals surface area (Å²) in [6.07, 6.45) is 10.5. The van der Waals surface area contributed by atoms with Crippen molar-refractivity contribution in [3.63, 3.8) is 0 Å². The molecule has 1 saturated carbocycles. The fraction of sp³-hybridized carbons (Fsp3) is 0.591.